The summed E-state index contributed by atoms with van der Waals surface area (Å²) in [5.41, 5.74) is 2.59. The van der Waals surface area contributed by atoms with Crippen molar-refractivity contribution in [3.63, 3.8) is 0 Å². The Labute approximate surface area is 165 Å². The molecule has 2 aromatic rings. The first-order valence-electron chi connectivity index (χ1n) is 9.82. The lowest BCUT2D eigenvalue weighted by Crippen LogP contribution is -2.37. The van der Waals surface area contributed by atoms with E-state index in [2.05, 4.69) is 17.3 Å². The maximum absolute atomic E-state index is 12.8. The van der Waals surface area contributed by atoms with Gasteiger partial charge in [0.1, 0.15) is 5.82 Å². The highest BCUT2D eigenvalue weighted by atomic mass is 32.2. The molecule has 0 spiro atoms. The van der Waals surface area contributed by atoms with Gasteiger partial charge in [-0.2, -0.15) is 9.40 Å². The van der Waals surface area contributed by atoms with Crippen LogP contribution < -0.4 is 5.32 Å². The first-order valence-corrected chi connectivity index (χ1v) is 11.3. The molecule has 1 aromatic heterocycles. The number of carbonyl (C=O) groups excluding carboxylic acids is 1. The van der Waals surface area contributed by atoms with Crippen LogP contribution in [0.5, 0.6) is 0 Å². The molecule has 28 heavy (non-hydrogen) atoms. The molecular weight excluding hydrogens is 376 g/mol. The van der Waals surface area contributed by atoms with Gasteiger partial charge < -0.3 is 5.32 Å². The van der Waals surface area contributed by atoms with E-state index in [1.54, 1.807) is 21.1 Å². The Balaban J connectivity index is 1.49. The quantitative estimate of drug-likeness (QED) is 0.852. The smallest absolute Gasteiger partial charge is 0.256 e. The monoisotopic (exact) mass is 402 g/mol. The highest BCUT2D eigenvalue weighted by molar-refractivity contribution is 7.89. The highest BCUT2D eigenvalue weighted by Gasteiger charge is 2.28. The van der Waals surface area contributed by atoms with Crippen LogP contribution in [0.1, 0.15) is 47.8 Å². The molecule has 0 radical (unpaired) electrons. The van der Waals surface area contributed by atoms with Crippen molar-refractivity contribution in [2.24, 2.45) is 13.0 Å². The second-order valence-electron chi connectivity index (χ2n) is 7.82. The summed E-state index contributed by atoms with van der Waals surface area (Å²) in [6, 6.07) is 6.20. The van der Waals surface area contributed by atoms with Crippen LogP contribution in [0.15, 0.2) is 29.2 Å². The molecule has 2 heterocycles. The van der Waals surface area contributed by atoms with Gasteiger partial charge in [-0.3, -0.25) is 9.48 Å². The SMILES string of the molecule is CC1CCN(S(=O)(=O)c2ccc(C(=O)Nc3c4c(nn3C)CCC4)cc2)CC1. The standard InChI is InChI=1S/C20H26N4O3S/c1-14-10-12-24(13-11-14)28(26,27)16-8-6-15(7-9-16)20(25)21-19-17-4-3-5-18(17)22-23(19)2/h6-9,14H,3-5,10-13H2,1-2H3,(H,21,25). The molecule has 1 fully saturated rings. The zero-order chi connectivity index (χ0) is 19.9. The highest BCUT2D eigenvalue weighted by Crippen LogP contribution is 2.28. The van der Waals surface area contributed by atoms with Gasteiger partial charge in [-0.15, -0.1) is 0 Å². The molecule has 2 aliphatic rings. The summed E-state index contributed by atoms with van der Waals surface area (Å²) < 4.78 is 28.9. The molecule has 1 aliphatic carbocycles. The van der Waals surface area contributed by atoms with Crippen molar-refractivity contribution in [1.82, 2.24) is 14.1 Å². The van der Waals surface area contributed by atoms with Gasteiger partial charge in [-0.1, -0.05) is 6.92 Å². The lowest BCUT2D eigenvalue weighted by molar-refractivity contribution is 0.102. The molecule has 7 nitrogen and oxygen atoms in total. The van der Waals surface area contributed by atoms with Crippen molar-refractivity contribution in [3.8, 4) is 0 Å². The van der Waals surface area contributed by atoms with Gasteiger partial charge >= 0.3 is 0 Å². The fourth-order valence-corrected chi connectivity index (χ4v) is 5.48. The number of aryl methyl sites for hydroxylation is 2. The number of aromatic nitrogens is 2. The molecule has 8 heteroatoms. The molecule has 150 valence electrons. The van der Waals surface area contributed by atoms with Crippen molar-refractivity contribution in [2.75, 3.05) is 18.4 Å². The van der Waals surface area contributed by atoms with Crippen LogP contribution in [0, 0.1) is 5.92 Å². The fourth-order valence-electron chi connectivity index (χ4n) is 4.01. The number of benzene rings is 1. The number of anilines is 1. The normalized spacial score (nSPS) is 18.2. The molecule has 0 atom stereocenters. The van der Waals surface area contributed by atoms with Gasteiger partial charge in [0.05, 0.1) is 10.6 Å². The number of piperidine rings is 1. The van der Waals surface area contributed by atoms with E-state index in [1.165, 1.54) is 12.1 Å². The first-order chi connectivity index (χ1) is 13.4. The number of sulfonamides is 1. The van der Waals surface area contributed by atoms with Gasteiger partial charge in [0.2, 0.25) is 10.0 Å². The lowest BCUT2D eigenvalue weighted by atomic mass is 10.0. The van der Waals surface area contributed by atoms with Crippen LogP contribution in [0.4, 0.5) is 5.82 Å². The minimum absolute atomic E-state index is 0.236. The average molecular weight is 403 g/mol. The molecule has 1 aliphatic heterocycles. The van der Waals surface area contributed by atoms with Gasteiger partial charge in [0, 0.05) is 31.3 Å². The number of nitrogens with zero attached hydrogens (tertiary/aromatic N) is 3. The number of rotatable bonds is 4. The molecule has 0 bridgehead atoms. The minimum Gasteiger partial charge on any atom is -0.307 e. The summed E-state index contributed by atoms with van der Waals surface area (Å²) in [6.45, 7) is 3.25. The third-order valence-electron chi connectivity index (χ3n) is 5.80. The van der Waals surface area contributed by atoms with Crippen molar-refractivity contribution in [3.05, 3.63) is 41.1 Å². The van der Waals surface area contributed by atoms with Crippen molar-refractivity contribution in [2.45, 2.75) is 43.9 Å². The van der Waals surface area contributed by atoms with Gasteiger partial charge in [0.15, 0.2) is 0 Å². The zero-order valence-electron chi connectivity index (χ0n) is 16.3. The van der Waals surface area contributed by atoms with Crippen molar-refractivity contribution >= 4 is 21.7 Å². The number of amides is 1. The van der Waals surface area contributed by atoms with Gasteiger partial charge in [-0.25, -0.2) is 8.42 Å². The Kier molecular flexibility index (Phi) is 5.01. The van der Waals surface area contributed by atoms with Crippen molar-refractivity contribution in [1.29, 1.82) is 0 Å². The van der Waals surface area contributed by atoms with E-state index in [0.29, 0.717) is 24.6 Å². The van der Waals surface area contributed by atoms with Crippen LogP contribution in [-0.4, -0.2) is 41.5 Å². The van der Waals surface area contributed by atoms with Crippen LogP contribution in [0.3, 0.4) is 0 Å². The maximum atomic E-state index is 12.8. The van der Waals surface area contributed by atoms with Crippen LogP contribution in [0.25, 0.3) is 0 Å². The largest absolute Gasteiger partial charge is 0.307 e. The molecule has 1 amide bonds. The Morgan fingerprint density at radius 3 is 2.50 bits per heavy atom. The van der Waals surface area contributed by atoms with E-state index in [9.17, 15) is 13.2 Å². The molecule has 1 saturated heterocycles. The van der Waals surface area contributed by atoms with Crippen LogP contribution in [-0.2, 0) is 29.9 Å². The summed E-state index contributed by atoms with van der Waals surface area (Å²) in [4.78, 5) is 12.9. The third kappa shape index (κ3) is 3.46. The number of fused-ring (bicyclic) bond motifs is 1. The molecule has 0 unspecified atom stereocenters. The predicted molar refractivity (Wildman–Crippen MR) is 107 cm³/mol. The molecule has 0 saturated carbocycles. The van der Waals surface area contributed by atoms with E-state index < -0.39 is 10.0 Å². The van der Waals surface area contributed by atoms with E-state index in [0.717, 1.165) is 49.2 Å². The van der Waals surface area contributed by atoms with E-state index in [-0.39, 0.29) is 10.8 Å². The Morgan fingerprint density at radius 2 is 1.82 bits per heavy atom. The Morgan fingerprint density at radius 1 is 1.14 bits per heavy atom. The van der Waals surface area contributed by atoms with E-state index in [1.807, 2.05) is 7.05 Å². The van der Waals surface area contributed by atoms with Gasteiger partial charge in [0.25, 0.3) is 5.91 Å². The van der Waals surface area contributed by atoms with Crippen LogP contribution in [0.2, 0.25) is 0 Å². The van der Waals surface area contributed by atoms with Crippen LogP contribution >= 0.6 is 0 Å². The minimum atomic E-state index is -3.51. The molecule has 1 aromatic carbocycles. The summed E-state index contributed by atoms with van der Waals surface area (Å²) in [6.07, 6.45) is 4.69. The predicted octanol–water partition coefficient (Wildman–Crippen LogP) is 2.58. The summed E-state index contributed by atoms with van der Waals surface area (Å²) in [5.74, 6) is 1.04. The molecule has 4 rings (SSSR count). The second-order valence-corrected chi connectivity index (χ2v) is 9.75. The molecule has 1 N–H and O–H groups in total. The average Bonchev–Trinajstić information content (AvgIpc) is 3.24. The number of hydrogen-bond acceptors (Lipinski definition) is 4. The maximum Gasteiger partial charge on any atom is 0.256 e. The fraction of sp³-hybridized carbons (Fsp3) is 0.500. The van der Waals surface area contributed by atoms with Crippen molar-refractivity contribution < 1.29 is 13.2 Å². The topological polar surface area (TPSA) is 84.3 Å². The summed E-state index contributed by atoms with van der Waals surface area (Å²) in [7, 11) is -1.68. The summed E-state index contributed by atoms with van der Waals surface area (Å²) in [5, 5.41) is 7.39. The first kappa shape index (κ1) is 19.1. The third-order valence-corrected chi connectivity index (χ3v) is 7.71. The lowest BCUT2D eigenvalue weighted by Gasteiger charge is -2.29. The summed E-state index contributed by atoms with van der Waals surface area (Å²) >= 11 is 0. The van der Waals surface area contributed by atoms with E-state index >= 15 is 0 Å². The second kappa shape index (κ2) is 7.33. The Bertz CT molecular complexity index is 987. The molecular formula is C20H26N4O3S. The number of hydrogen-bond donors (Lipinski definition) is 1. The Hall–Kier alpha value is -2.19. The number of nitrogens with one attached hydrogen (secondary N) is 1. The van der Waals surface area contributed by atoms with E-state index in [4.69, 9.17) is 0 Å². The zero-order valence-corrected chi connectivity index (χ0v) is 17.1. The van der Waals surface area contributed by atoms with Gasteiger partial charge in [-0.05, 0) is 62.3 Å². The number of carbonyl (C=O) groups is 1.